The Labute approximate surface area is 126 Å². The van der Waals surface area contributed by atoms with Gasteiger partial charge in [0.05, 0.1) is 27.3 Å². The summed E-state index contributed by atoms with van der Waals surface area (Å²) in [5.74, 6) is 0. The Kier molecular flexibility index (Phi) is 3.09. The van der Waals surface area contributed by atoms with Gasteiger partial charge < -0.3 is 4.98 Å². The number of nitrogens with zero attached hydrogens (tertiary/aromatic N) is 2. The third-order valence-electron chi connectivity index (χ3n) is 3.18. The number of aromatic nitrogens is 2. The summed E-state index contributed by atoms with van der Waals surface area (Å²) in [6.45, 7) is 1.98. The number of hydrogen-bond donors (Lipinski definition) is 1. The first-order valence-corrected chi connectivity index (χ1v) is 6.81. The maximum Gasteiger partial charge on any atom is 0.182 e. The molecule has 20 heavy (non-hydrogen) atoms. The lowest BCUT2D eigenvalue weighted by Gasteiger charge is -2.08. The van der Waals surface area contributed by atoms with Crippen LogP contribution in [-0.4, -0.2) is 9.55 Å². The lowest BCUT2D eigenvalue weighted by atomic mass is 10.2. The van der Waals surface area contributed by atoms with Crippen LogP contribution in [0, 0.1) is 23.0 Å². The molecule has 5 heteroatoms. The van der Waals surface area contributed by atoms with Gasteiger partial charge in [0.2, 0.25) is 0 Å². The third kappa shape index (κ3) is 1.92. The van der Waals surface area contributed by atoms with Crippen LogP contribution in [0.25, 0.3) is 16.7 Å². The SMILES string of the molecule is Cc1ccc(-n2c(=S)[nH]c3c(C#N)cccc32)c(Cl)c1. The molecule has 98 valence electrons. The van der Waals surface area contributed by atoms with E-state index in [1.54, 1.807) is 6.07 Å². The number of para-hydroxylation sites is 1. The second kappa shape index (κ2) is 4.78. The highest BCUT2D eigenvalue weighted by molar-refractivity contribution is 7.71. The molecular weight excluding hydrogens is 290 g/mol. The Morgan fingerprint density at radius 1 is 1.30 bits per heavy atom. The van der Waals surface area contributed by atoms with Gasteiger partial charge in [-0.1, -0.05) is 23.7 Å². The molecule has 0 bridgehead atoms. The summed E-state index contributed by atoms with van der Waals surface area (Å²) >= 11 is 11.7. The van der Waals surface area contributed by atoms with Gasteiger partial charge >= 0.3 is 0 Å². The molecule has 1 heterocycles. The highest BCUT2D eigenvalue weighted by atomic mass is 35.5. The zero-order valence-electron chi connectivity index (χ0n) is 10.6. The number of aryl methyl sites for hydroxylation is 1. The molecule has 0 aliphatic heterocycles. The van der Waals surface area contributed by atoms with Crippen LogP contribution in [0.15, 0.2) is 36.4 Å². The van der Waals surface area contributed by atoms with Gasteiger partial charge in [0, 0.05) is 0 Å². The largest absolute Gasteiger partial charge is 0.329 e. The topological polar surface area (TPSA) is 44.5 Å². The van der Waals surface area contributed by atoms with Gasteiger partial charge in [-0.3, -0.25) is 4.57 Å². The fraction of sp³-hybridized carbons (Fsp3) is 0.0667. The van der Waals surface area contributed by atoms with Gasteiger partial charge in [0.25, 0.3) is 0 Å². The zero-order valence-corrected chi connectivity index (χ0v) is 12.2. The molecule has 0 atom stereocenters. The zero-order chi connectivity index (χ0) is 14.3. The van der Waals surface area contributed by atoms with E-state index in [0.29, 0.717) is 15.4 Å². The van der Waals surface area contributed by atoms with Gasteiger partial charge in [-0.2, -0.15) is 5.26 Å². The van der Waals surface area contributed by atoms with Crippen LogP contribution >= 0.6 is 23.8 Å². The van der Waals surface area contributed by atoms with Gasteiger partial charge in [-0.25, -0.2) is 0 Å². The van der Waals surface area contributed by atoms with Crippen molar-refractivity contribution >= 4 is 34.9 Å². The van der Waals surface area contributed by atoms with Crippen molar-refractivity contribution in [3.05, 3.63) is 57.3 Å². The number of fused-ring (bicyclic) bond motifs is 1. The minimum atomic E-state index is 0.522. The maximum absolute atomic E-state index is 9.16. The van der Waals surface area contributed by atoms with E-state index in [1.165, 1.54) is 0 Å². The highest BCUT2D eigenvalue weighted by Gasteiger charge is 2.11. The molecule has 1 N–H and O–H groups in total. The number of H-pyrrole nitrogens is 1. The summed E-state index contributed by atoms with van der Waals surface area (Å²) in [7, 11) is 0. The Morgan fingerprint density at radius 2 is 2.10 bits per heavy atom. The number of benzene rings is 2. The van der Waals surface area contributed by atoms with Crippen LogP contribution in [-0.2, 0) is 0 Å². The predicted molar refractivity (Wildman–Crippen MR) is 82.9 cm³/mol. The van der Waals surface area contributed by atoms with Crippen LogP contribution in [0.4, 0.5) is 0 Å². The number of imidazole rings is 1. The van der Waals surface area contributed by atoms with E-state index >= 15 is 0 Å². The van der Waals surface area contributed by atoms with Crippen molar-refractivity contribution in [2.24, 2.45) is 0 Å². The van der Waals surface area contributed by atoms with Crippen molar-refractivity contribution < 1.29 is 0 Å². The van der Waals surface area contributed by atoms with E-state index in [9.17, 15) is 0 Å². The molecule has 0 fully saturated rings. The number of rotatable bonds is 1. The Balaban J connectivity index is 2.41. The van der Waals surface area contributed by atoms with Crippen LogP contribution in [0.5, 0.6) is 0 Å². The molecule has 0 aliphatic rings. The van der Waals surface area contributed by atoms with Crippen molar-refractivity contribution in [1.29, 1.82) is 5.26 Å². The number of halogens is 1. The van der Waals surface area contributed by atoms with E-state index < -0.39 is 0 Å². The molecule has 0 saturated heterocycles. The molecule has 0 unspecified atom stereocenters. The lowest BCUT2D eigenvalue weighted by Crippen LogP contribution is -1.95. The van der Waals surface area contributed by atoms with E-state index in [0.717, 1.165) is 22.3 Å². The molecule has 1 aromatic heterocycles. The van der Waals surface area contributed by atoms with Crippen LogP contribution in [0.3, 0.4) is 0 Å². The van der Waals surface area contributed by atoms with Gasteiger partial charge in [-0.15, -0.1) is 0 Å². The van der Waals surface area contributed by atoms with Crippen molar-refractivity contribution in [1.82, 2.24) is 9.55 Å². The van der Waals surface area contributed by atoms with Crippen LogP contribution in [0.2, 0.25) is 5.02 Å². The minimum Gasteiger partial charge on any atom is -0.329 e. The average Bonchev–Trinajstić information content (AvgIpc) is 2.75. The Bertz CT molecular complexity index is 915. The second-order valence-electron chi connectivity index (χ2n) is 4.53. The number of nitrogens with one attached hydrogen (secondary N) is 1. The molecule has 2 aromatic carbocycles. The molecule has 0 spiro atoms. The summed E-state index contributed by atoms with van der Waals surface area (Å²) in [4.78, 5) is 3.08. The molecular formula is C15H10ClN3S. The number of nitriles is 1. The monoisotopic (exact) mass is 299 g/mol. The summed E-state index contributed by atoms with van der Waals surface area (Å²) in [6.07, 6.45) is 0. The lowest BCUT2D eigenvalue weighted by molar-refractivity contribution is 1.06. The first-order chi connectivity index (χ1) is 9.61. The molecule has 0 radical (unpaired) electrons. The van der Waals surface area contributed by atoms with Crippen molar-refractivity contribution in [3.63, 3.8) is 0 Å². The van der Waals surface area contributed by atoms with Crippen molar-refractivity contribution in [3.8, 4) is 11.8 Å². The van der Waals surface area contributed by atoms with Gasteiger partial charge in [0.15, 0.2) is 4.77 Å². The van der Waals surface area contributed by atoms with Gasteiger partial charge in [-0.05, 0) is 49.0 Å². The summed E-state index contributed by atoms with van der Waals surface area (Å²) in [5, 5.41) is 9.79. The van der Waals surface area contributed by atoms with Crippen molar-refractivity contribution in [2.45, 2.75) is 6.92 Å². The first-order valence-electron chi connectivity index (χ1n) is 6.02. The fourth-order valence-corrected chi connectivity index (χ4v) is 2.87. The standard InChI is InChI=1S/C15H10ClN3S/c1-9-5-6-12(11(16)7-9)19-13-4-2-3-10(8-17)14(13)18-15(19)20/h2-7H,1H3,(H,18,20). The smallest absolute Gasteiger partial charge is 0.182 e. The Morgan fingerprint density at radius 3 is 2.80 bits per heavy atom. The first kappa shape index (κ1) is 12.9. The number of aromatic amines is 1. The molecule has 3 nitrogen and oxygen atoms in total. The summed E-state index contributed by atoms with van der Waals surface area (Å²) < 4.78 is 2.38. The normalized spacial score (nSPS) is 10.7. The molecule has 3 rings (SSSR count). The average molecular weight is 300 g/mol. The summed E-state index contributed by atoms with van der Waals surface area (Å²) in [6, 6.07) is 13.5. The van der Waals surface area contributed by atoms with E-state index in [1.807, 2.05) is 41.8 Å². The van der Waals surface area contributed by atoms with E-state index in [4.69, 9.17) is 29.1 Å². The van der Waals surface area contributed by atoms with Crippen molar-refractivity contribution in [2.75, 3.05) is 0 Å². The number of hydrogen-bond acceptors (Lipinski definition) is 2. The minimum absolute atomic E-state index is 0.522. The molecule has 0 saturated carbocycles. The van der Waals surface area contributed by atoms with E-state index in [-0.39, 0.29) is 0 Å². The quantitative estimate of drug-likeness (QED) is 0.671. The maximum atomic E-state index is 9.16. The second-order valence-corrected chi connectivity index (χ2v) is 5.33. The van der Waals surface area contributed by atoms with Gasteiger partial charge in [0.1, 0.15) is 6.07 Å². The highest BCUT2D eigenvalue weighted by Crippen LogP contribution is 2.27. The molecule has 3 aromatic rings. The van der Waals surface area contributed by atoms with Crippen LogP contribution < -0.4 is 0 Å². The van der Waals surface area contributed by atoms with Crippen LogP contribution in [0.1, 0.15) is 11.1 Å². The third-order valence-corrected chi connectivity index (χ3v) is 3.77. The summed E-state index contributed by atoms with van der Waals surface area (Å²) in [5.41, 5.74) is 4.04. The Hall–Kier alpha value is -2.09. The molecule has 0 amide bonds. The fourth-order valence-electron chi connectivity index (χ4n) is 2.26. The molecule has 0 aliphatic carbocycles. The predicted octanol–water partition coefficient (Wildman–Crippen LogP) is 4.52. The van der Waals surface area contributed by atoms with E-state index in [2.05, 4.69) is 11.1 Å².